The zero-order valence-corrected chi connectivity index (χ0v) is 10.0. The van der Waals surface area contributed by atoms with Gasteiger partial charge in [-0.25, -0.2) is 0 Å². The molecule has 0 aliphatic carbocycles. The Morgan fingerprint density at radius 2 is 1.83 bits per heavy atom. The van der Waals surface area contributed by atoms with E-state index < -0.39 is 5.09 Å². The molecule has 0 aliphatic rings. The van der Waals surface area contributed by atoms with E-state index in [-0.39, 0.29) is 52.1 Å². The Kier molecular flexibility index (Phi) is 24.5. The van der Waals surface area contributed by atoms with Crippen LogP contribution in [0.2, 0.25) is 0 Å². The van der Waals surface area contributed by atoms with Crippen molar-refractivity contribution in [3.05, 3.63) is 10.1 Å². The van der Waals surface area contributed by atoms with Gasteiger partial charge >= 0.3 is 49.3 Å². The summed E-state index contributed by atoms with van der Waals surface area (Å²) in [6.45, 7) is 0. The summed E-state index contributed by atoms with van der Waals surface area (Å²) in [5, 5.41) is 13.6. The fraction of sp³-hybridized carbons (Fsp3) is 0. The van der Waals surface area contributed by atoms with Crippen molar-refractivity contribution < 1.29 is 13.1 Å². The van der Waals surface area contributed by atoms with Crippen LogP contribution in [0.3, 0.4) is 0 Å². The molecular formula is H6BiMgNO3. The van der Waals surface area contributed by atoms with Gasteiger partial charge in [-0.2, -0.15) is 0 Å². The Morgan fingerprint density at radius 1 is 1.83 bits per heavy atom. The average Bonchev–Trinajstić information content (AvgIpc) is 0.811. The monoisotopic (exact) mass is 301 g/mol. The van der Waals surface area contributed by atoms with Gasteiger partial charge in [0, 0.05) is 0 Å². The van der Waals surface area contributed by atoms with Crippen molar-refractivity contribution in [2.75, 3.05) is 0 Å². The smallest absolute Gasteiger partial charge is 1.00 e. The van der Waals surface area contributed by atoms with Crippen LogP contribution in [0.15, 0.2) is 0 Å². The van der Waals surface area contributed by atoms with E-state index in [0.29, 0.717) is 0 Å². The van der Waals surface area contributed by atoms with Crippen LogP contribution in [-0.2, 0) is 0 Å². The first-order chi connectivity index (χ1) is 1.73. The Morgan fingerprint density at radius 3 is 1.83 bits per heavy atom. The Balaban J connectivity index is -0.00000000750. The quantitative estimate of drug-likeness (QED) is 0.330. The molecule has 0 heterocycles. The molecule has 4 nitrogen and oxygen atoms in total. The van der Waals surface area contributed by atoms with Gasteiger partial charge in [-0.15, -0.1) is 10.1 Å². The van der Waals surface area contributed by atoms with Crippen molar-refractivity contribution in [1.82, 2.24) is 0 Å². The minimum absolute atomic E-state index is 0. The molecule has 0 saturated carbocycles. The molecule has 6 heavy (non-hydrogen) atoms. The van der Waals surface area contributed by atoms with Crippen molar-refractivity contribution in [2.45, 2.75) is 0 Å². The molecule has 1 N–H and O–H groups in total. The molecule has 0 fully saturated rings. The average molecular weight is 301 g/mol. The molecule has 0 spiro atoms. The molecule has 0 atom stereocenters. The van der Waals surface area contributed by atoms with Crippen LogP contribution in [0, 0.1) is 10.1 Å². The molecule has 0 saturated heterocycles. The molecule has 6 heteroatoms. The summed E-state index contributed by atoms with van der Waals surface area (Å²) in [4.78, 5) is 8.36. The van der Waals surface area contributed by atoms with Gasteiger partial charge in [-0.1, -0.05) is 0 Å². The van der Waals surface area contributed by atoms with Crippen LogP contribution in [0.25, 0.3) is 0 Å². The Hall–Kier alpha value is 0.849. The summed E-state index contributed by atoms with van der Waals surface area (Å²) in [6, 6.07) is 0. The van der Waals surface area contributed by atoms with Gasteiger partial charge in [-0.3, -0.25) is 0 Å². The fourth-order valence-electron chi connectivity index (χ4n) is 0. The second-order valence-electron chi connectivity index (χ2n) is 0.238. The van der Waals surface area contributed by atoms with Crippen LogP contribution in [0.4, 0.5) is 0 Å². The van der Waals surface area contributed by atoms with E-state index in [1.807, 2.05) is 0 Å². The Labute approximate surface area is 72.3 Å². The van der Waals surface area contributed by atoms with Crippen molar-refractivity contribution in [3.8, 4) is 0 Å². The molecule has 0 bridgehead atoms. The predicted octanol–water partition coefficient (Wildman–Crippen LogP) is -1.69. The van der Waals surface area contributed by atoms with E-state index in [0.717, 1.165) is 0 Å². The largest absolute Gasteiger partial charge is 2.00 e. The van der Waals surface area contributed by atoms with E-state index in [4.69, 9.17) is 15.3 Å². The molecule has 0 radical (unpaired) electrons. The van der Waals surface area contributed by atoms with Crippen LogP contribution in [-0.4, -0.2) is 59.6 Å². The van der Waals surface area contributed by atoms with Gasteiger partial charge in [0.05, 0.1) is 0 Å². The minimum atomic E-state index is -1.50. The number of hydrogen-bond donors (Lipinski definition) is 1. The maximum Gasteiger partial charge on any atom is 2.00 e. The molecular weight excluding hydrogens is 295 g/mol. The van der Waals surface area contributed by atoms with Crippen LogP contribution >= 0.6 is 0 Å². The summed E-state index contributed by atoms with van der Waals surface area (Å²) in [7, 11) is 0. The minimum Gasteiger partial charge on any atom is -1.00 e. The summed E-state index contributed by atoms with van der Waals surface area (Å²) < 4.78 is 0. The first-order valence-corrected chi connectivity index (χ1v) is 0.565. The molecule has 36 valence electrons. The summed E-state index contributed by atoms with van der Waals surface area (Å²) in [6.07, 6.45) is 0. The van der Waals surface area contributed by atoms with E-state index in [1.165, 1.54) is 0 Å². The molecule has 0 aromatic rings. The molecule has 0 unspecified atom stereocenters. The van der Waals surface area contributed by atoms with Gasteiger partial charge in [-0.05, 0) is 0 Å². The maximum absolute atomic E-state index is 8.36. The number of rotatable bonds is 0. The third-order valence-electron chi connectivity index (χ3n) is 0. The zero-order chi connectivity index (χ0) is 3.58. The molecule has 0 aromatic carbocycles. The zero-order valence-electron chi connectivity index (χ0n) is 5.13. The van der Waals surface area contributed by atoms with E-state index >= 15 is 0 Å². The molecule has 0 rings (SSSR count). The van der Waals surface area contributed by atoms with Crippen molar-refractivity contribution in [2.24, 2.45) is 0 Å². The van der Waals surface area contributed by atoms with Gasteiger partial charge in [0.15, 0.2) is 0 Å². The third kappa shape index (κ3) is 99.6. The number of nitrogens with zero attached hydrogens (tertiary/aromatic N) is 1. The van der Waals surface area contributed by atoms with Crippen LogP contribution < -0.4 is 0 Å². The molecule has 0 aliphatic heterocycles. The normalized spacial score (nSPS) is 4.00. The van der Waals surface area contributed by atoms with Gasteiger partial charge in [0.1, 0.15) is 0 Å². The topological polar surface area (TPSA) is 63.4 Å². The summed E-state index contributed by atoms with van der Waals surface area (Å²) >= 11 is 0. The number of hydrogen-bond acceptors (Lipinski definition) is 2. The van der Waals surface area contributed by atoms with Gasteiger partial charge < -0.3 is 8.06 Å². The first kappa shape index (κ1) is 15.8. The second kappa shape index (κ2) is 9.28. The van der Waals surface area contributed by atoms with Crippen molar-refractivity contribution in [3.63, 3.8) is 0 Å². The molecule has 0 amide bonds. The van der Waals surface area contributed by atoms with Crippen molar-refractivity contribution in [1.29, 1.82) is 0 Å². The predicted molar refractivity (Wildman–Crippen MR) is 26.7 cm³/mol. The standard InChI is InChI=1S/Bi.Mg.HNO3.5H/c;;2-1(3)4;;;;;/h;;(H,2,3,4);;;;;/q;+2;;;;;2*-1. The van der Waals surface area contributed by atoms with Gasteiger partial charge in [0.2, 0.25) is 0 Å². The van der Waals surface area contributed by atoms with Crippen molar-refractivity contribution >= 4 is 49.3 Å². The van der Waals surface area contributed by atoms with E-state index in [1.54, 1.807) is 0 Å². The van der Waals surface area contributed by atoms with E-state index in [2.05, 4.69) is 0 Å². The first-order valence-electron chi connectivity index (χ1n) is 0.565. The van der Waals surface area contributed by atoms with Crippen LogP contribution in [0.1, 0.15) is 2.85 Å². The Bertz CT molecular complexity index is 40.3. The van der Waals surface area contributed by atoms with E-state index in [9.17, 15) is 0 Å². The van der Waals surface area contributed by atoms with Gasteiger partial charge in [0.25, 0.3) is 5.09 Å². The van der Waals surface area contributed by atoms with Crippen LogP contribution in [0.5, 0.6) is 0 Å². The third-order valence-corrected chi connectivity index (χ3v) is 0. The SMILES string of the molecule is O=[N+]([O-])O.[BiH3].[H-].[H-].[Mg+2]. The maximum atomic E-state index is 8.36. The summed E-state index contributed by atoms with van der Waals surface area (Å²) in [5.74, 6) is 0. The summed E-state index contributed by atoms with van der Waals surface area (Å²) in [5.41, 5.74) is 0. The molecule has 0 aromatic heterocycles. The second-order valence-corrected chi connectivity index (χ2v) is 0.238. The fourth-order valence-corrected chi connectivity index (χ4v) is 0.